The number of pyridine rings is 1. The first-order valence-electron chi connectivity index (χ1n) is 6.52. The van der Waals surface area contributed by atoms with Gasteiger partial charge in [-0.3, -0.25) is 4.79 Å². The minimum Gasteiger partial charge on any atom is -0.339 e. The quantitative estimate of drug-likeness (QED) is 0.571. The molecule has 3 rings (SSSR count). The fourth-order valence-electron chi connectivity index (χ4n) is 2.48. The van der Waals surface area contributed by atoms with E-state index in [-0.39, 0.29) is 5.78 Å². The van der Waals surface area contributed by atoms with Gasteiger partial charge in [0.2, 0.25) is 5.52 Å². The number of nitrogens with one attached hydrogen (secondary N) is 1. The lowest BCUT2D eigenvalue weighted by atomic mass is 10.1. The van der Waals surface area contributed by atoms with Crippen LogP contribution in [-0.2, 0) is 7.05 Å². The van der Waals surface area contributed by atoms with Crippen molar-refractivity contribution in [2.75, 3.05) is 0 Å². The number of hydrogen-bond donors (Lipinski definition) is 1. The highest BCUT2D eigenvalue weighted by molar-refractivity contribution is 6.05. The summed E-state index contributed by atoms with van der Waals surface area (Å²) < 4.78 is 1.92. The van der Waals surface area contributed by atoms with E-state index in [1.807, 2.05) is 49.7 Å². The van der Waals surface area contributed by atoms with Crippen LogP contribution >= 0.6 is 0 Å². The molecule has 0 saturated carbocycles. The summed E-state index contributed by atoms with van der Waals surface area (Å²) in [7, 11) is 1.91. The molecule has 0 saturated heterocycles. The second-order valence-corrected chi connectivity index (χ2v) is 5.03. The van der Waals surface area contributed by atoms with E-state index in [4.69, 9.17) is 0 Å². The Hall–Kier alpha value is -2.49. The molecule has 2 aromatic heterocycles. The summed E-state index contributed by atoms with van der Waals surface area (Å²) in [6, 6.07) is 9.99. The van der Waals surface area contributed by atoms with Crippen molar-refractivity contribution in [3.63, 3.8) is 0 Å². The monoisotopic (exact) mass is 266 g/mol. The van der Waals surface area contributed by atoms with E-state index in [2.05, 4.69) is 16.0 Å². The Morgan fingerprint density at radius 3 is 2.70 bits per heavy atom. The molecule has 0 aliphatic heterocycles. The first-order chi connectivity index (χ1) is 9.58. The standard InChI is InChI=1S/C16H15N3O/c1-10-8-14(15(20)16-17-9-11(2)18-16)19(3)13-7-5-4-6-12(10)13/h4-9H,1-3H3/p+1. The van der Waals surface area contributed by atoms with Gasteiger partial charge in [0, 0.05) is 29.4 Å². The number of nitrogens with zero attached hydrogens (tertiary/aromatic N) is 2. The number of fused-ring (bicyclic) bond motifs is 1. The maximum Gasteiger partial charge on any atom is 0.291 e. The Labute approximate surface area is 117 Å². The third-order valence-electron chi connectivity index (χ3n) is 3.56. The number of rotatable bonds is 2. The van der Waals surface area contributed by atoms with Crippen LogP contribution in [0.2, 0.25) is 0 Å². The molecule has 0 spiro atoms. The van der Waals surface area contributed by atoms with Crippen molar-refractivity contribution < 1.29 is 9.36 Å². The summed E-state index contributed by atoms with van der Waals surface area (Å²) in [5.41, 5.74) is 3.65. The molecule has 0 fully saturated rings. The van der Waals surface area contributed by atoms with E-state index in [1.165, 1.54) is 0 Å². The highest BCUT2D eigenvalue weighted by Gasteiger charge is 2.24. The van der Waals surface area contributed by atoms with Gasteiger partial charge >= 0.3 is 0 Å². The molecule has 100 valence electrons. The molecule has 4 heteroatoms. The Morgan fingerprint density at radius 1 is 1.25 bits per heavy atom. The highest BCUT2D eigenvalue weighted by Crippen LogP contribution is 2.17. The van der Waals surface area contributed by atoms with Crippen LogP contribution < -0.4 is 4.57 Å². The number of carbonyl (C=O) groups is 1. The number of hydrogen-bond acceptors (Lipinski definition) is 2. The summed E-state index contributed by atoms with van der Waals surface area (Å²) in [5, 5.41) is 1.15. The maximum absolute atomic E-state index is 12.6. The van der Waals surface area contributed by atoms with Crippen molar-refractivity contribution in [1.29, 1.82) is 0 Å². The molecule has 20 heavy (non-hydrogen) atoms. The van der Waals surface area contributed by atoms with Gasteiger partial charge in [-0.05, 0) is 25.5 Å². The molecule has 1 N–H and O–H groups in total. The fraction of sp³-hybridized carbons (Fsp3) is 0.188. The Balaban J connectivity index is 2.22. The largest absolute Gasteiger partial charge is 0.339 e. The van der Waals surface area contributed by atoms with Gasteiger partial charge in [-0.25, -0.2) is 4.98 Å². The second-order valence-electron chi connectivity index (χ2n) is 5.03. The molecule has 0 bridgehead atoms. The number of carbonyl (C=O) groups excluding carboxylic acids is 1. The van der Waals surface area contributed by atoms with Crippen LogP contribution in [-0.4, -0.2) is 15.8 Å². The summed E-state index contributed by atoms with van der Waals surface area (Å²) in [5.74, 6) is 0.294. The topological polar surface area (TPSA) is 49.6 Å². The van der Waals surface area contributed by atoms with E-state index in [0.29, 0.717) is 11.5 Å². The van der Waals surface area contributed by atoms with Crippen LogP contribution in [0.5, 0.6) is 0 Å². The molecular formula is C16H16N3O+. The molecule has 0 radical (unpaired) electrons. The second kappa shape index (κ2) is 4.56. The van der Waals surface area contributed by atoms with E-state index >= 15 is 0 Å². The average molecular weight is 266 g/mol. The lowest BCUT2D eigenvalue weighted by molar-refractivity contribution is -0.646. The number of benzene rings is 1. The van der Waals surface area contributed by atoms with Gasteiger partial charge in [-0.15, -0.1) is 0 Å². The predicted octanol–water partition coefficient (Wildman–Crippen LogP) is 2.24. The minimum atomic E-state index is -0.0885. The van der Waals surface area contributed by atoms with E-state index < -0.39 is 0 Å². The number of aromatic amines is 1. The molecule has 0 atom stereocenters. The Bertz CT molecular complexity index is 818. The smallest absolute Gasteiger partial charge is 0.291 e. The summed E-state index contributed by atoms with van der Waals surface area (Å²) in [6.07, 6.45) is 1.67. The highest BCUT2D eigenvalue weighted by atomic mass is 16.1. The zero-order chi connectivity index (χ0) is 14.3. The Kier molecular flexibility index (Phi) is 2.86. The van der Waals surface area contributed by atoms with Crippen LogP contribution in [0.25, 0.3) is 10.9 Å². The number of imidazole rings is 1. The summed E-state index contributed by atoms with van der Waals surface area (Å²) >= 11 is 0. The first-order valence-corrected chi connectivity index (χ1v) is 6.52. The normalized spacial score (nSPS) is 10.9. The summed E-state index contributed by atoms with van der Waals surface area (Å²) in [6.45, 7) is 3.90. The van der Waals surface area contributed by atoms with Gasteiger partial charge in [0.25, 0.3) is 11.5 Å². The molecule has 3 aromatic rings. The van der Waals surface area contributed by atoms with Crippen LogP contribution in [0.3, 0.4) is 0 Å². The third kappa shape index (κ3) is 1.90. The number of aromatic nitrogens is 3. The molecular weight excluding hydrogens is 250 g/mol. The van der Waals surface area contributed by atoms with Crippen molar-refractivity contribution in [1.82, 2.24) is 9.97 Å². The molecule has 0 amide bonds. The van der Waals surface area contributed by atoms with E-state index in [0.717, 1.165) is 22.2 Å². The lowest BCUT2D eigenvalue weighted by Gasteiger charge is -2.04. The zero-order valence-electron chi connectivity index (χ0n) is 11.8. The van der Waals surface area contributed by atoms with E-state index in [1.54, 1.807) is 6.20 Å². The van der Waals surface area contributed by atoms with Crippen molar-refractivity contribution >= 4 is 16.7 Å². The van der Waals surface area contributed by atoms with Crippen molar-refractivity contribution in [2.45, 2.75) is 13.8 Å². The average Bonchev–Trinajstić information content (AvgIpc) is 2.89. The van der Waals surface area contributed by atoms with Crippen LogP contribution in [0.4, 0.5) is 0 Å². The lowest BCUT2D eigenvalue weighted by Crippen LogP contribution is -2.37. The fourth-order valence-corrected chi connectivity index (χ4v) is 2.48. The molecule has 0 aliphatic rings. The number of ketones is 1. The van der Waals surface area contributed by atoms with Gasteiger partial charge in [-0.1, -0.05) is 12.1 Å². The van der Waals surface area contributed by atoms with Crippen molar-refractivity contribution in [3.05, 3.63) is 59.3 Å². The van der Waals surface area contributed by atoms with E-state index in [9.17, 15) is 4.79 Å². The number of H-pyrrole nitrogens is 1. The molecule has 2 heterocycles. The van der Waals surface area contributed by atoms with Gasteiger partial charge in [0.1, 0.15) is 7.05 Å². The predicted molar refractivity (Wildman–Crippen MR) is 76.6 cm³/mol. The Morgan fingerprint density at radius 2 is 2.00 bits per heavy atom. The first kappa shape index (κ1) is 12.5. The van der Waals surface area contributed by atoms with Crippen LogP contribution in [0.1, 0.15) is 27.6 Å². The van der Waals surface area contributed by atoms with Gasteiger partial charge < -0.3 is 4.98 Å². The molecule has 4 nitrogen and oxygen atoms in total. The number of para-hydroxylation sites is 1. The molecule has 0 aliphatic carbocycles. The maximum atomic E-state index is 12.6. The summed E-state index contributed by atoms with van der Waals surface area (Å²) in [4.78, 5) is 19.7. The molecule has 0 unspecified atom stereocenters. The minimum absolute atomic E-state index is 0.0885. The molecule has 1 aromatic carbocycles. The van der Waals surface area contributed by atoms with Crippen LogP contribution in [0, 0.1) is 13.8 Å². The SMILES string of the molecule is Cc1cnc(C(=O)c2cc(C)c3ccccc3[n+]2C)[nH]1. The van der Waals surface area contributed by atoms with Gasteiger partial charge in [0.15, 0.2) is 5.82 Å². The zero-order valence-corrected chi connectivity index (χ0v) is 11.8. The number of aryl methyl sites for hydroxylation is 3. The third-order valence-corrected chi connectivity index (χ3v) is 3.56. The van der Waals surface area contributed by atoms with Crippen molar-refractivity contribution in [3.8, 4) is 0 Å². The van der Waals surface area contributed by atoms with Gasteiger partial charge in [-0.2, -0.15) is 4.57 Å². The van der Waals surface area contributed by atoms with Crippen molar-refractivity contribution in [2.24, 2.45) is 7.05 Å². The van der Waals surface area contributed by atoms with Crippen LogP contribution in [0.15, 0.2) is 36.5 Å². The van der Waals surface area contributed by atoms with Gasteiger partial charge in [0.05, 0.1) is 0 Å².